The third kappa shape index (κ3) is 3.63. The Bertz CT molecular complexity index is 858. The van der Waals surface area contributed by atoms with Gasteiger partial charge in [-0.25, -0.2) is 4.67 Å². The summed E-state index contributed by atoms with van der Waals surface area (Å²) in [5.74, 6) is 0. The molecule has 3 aromatic rings. The molecule has 1 heterocycles. The lowest BCUT2D eigenvalue weighted by Gasteiger charge is -2.26. The van der Waals surface area contributed by atoms with E-state index in [1.807, 2.05) is 0 Å². The predicted molar refractivity (Wildman–Crippen MR) is 112 cm³/mol. The standard InChI is InChI=1S/C22H21BrNOP/c1-17-22(18-10-4-2-5-11-18)25-26(20-13-6-3-7-14-20)24(17)16-19-12-8-9-15-21(19)23/h2-15,17,22H,16H2,1H3/t17-,22-,26?/m0/s1. The molecule has 1 unspecified atom stereocenters. The van der Waals surface area contributed by atoms with E-state index in [4.69, 9.17) is 4.52 Å². The number of halogens is 1. The van der Waals surface area contributed by atoms with Gasteiger partial charge in [0.1, 0.15) is 14.4 Å². The molecular formula is C22H21BrNOP. The Labute approximate surface area is 164 Å². The van der Waals surface area contributed by atoms with E-state index in [1.54, 1.807) is 0 Å². The summed E-state index contributed by atoms with van der Waals surface area (Å²) < 4.78 is 10.3. The van der Waals surface area contributed by atoms with Crippen LogP contribution in [0.4, 0.5) is 0 Å². The van der Waals surface area contributed by atoms with Crippen LogP contribution in [0.1, 0.15) is 24.2 Å². The van der Waals surface area contributed by atoms with E-state index in [0.29, 0.717) is 6.04 Å². The lowest BCUT2D eigenvalue weighted by Crippen LogP contribution is -2.28. The number of benzene rings is 3. The van der Waals surface area contributed by atoms with Crippen LogP contribution in [0.5, 0.6) is 0 Å². The van der Waals surface area contributed by atoms with Gasteiger partial charge in [0.25, 0.3) is 0 Å². The molecule has 26 heavy (non-hydrogen) atoms. The summed E-state index contributed by atoms with van der Waals surface area (Å²) in [5.41, 5.74) is 2.54. The third-order valence-electron chi connectivity index (χ3n) is 4.75. The minimum atomic E-state index is -0.830. The van der Waals surface area contributed by atoms with E-state index >= 15 is 0 Å². The lowest BCUT2D eigenvalue weighted by atomic mass is 10.0. The van der Waals surface area contributed by atoms with Crippen LogP contribution in [0.3, 0.4) is 0 Å². The minimum Gasteiger partial charge on any atom is -0.330 e. The zero-order valence-corrected chi connectivity index (χ0v) is 17.1. The van der Waals surface area contributed by atoms with Crippen LogP contribution in [0.25, 0.3) is 0 Å². The highest BCUT2D eigenvalue weighted by Gasteiger charge is 2.41. The van der Waals surface area contributed by atoms with Crippen molar-refractivity contribution in [2.45, 2.75) is 25.6 Å². The van der Waals surface area contributed by atoms with Gasteiger partial charge in [-0.1, -0.05) is 94.8 Å². The molecule has 0 bridgehead atoms. The molecule has 0 aliphatic carbocycles. The van der Waals surface area contributed by atoms with Crippen LogP contribution in [-0.4, -0.2) is 10.7 Å². The van der Waals surface area contributed by atoms with Crippen LogP contribution < -0.4 is 5.30 Å². The van der Waals surface area contributed by atoms with Crippen molar-refractivity contribution >= 4 is 29.5 Å². The molecule has 4 rings (SSSR count). The summed E-state index contributed by atoms with van der Waals surface area (Å²) in [5, 5.41) is 1.26. The smallest absolute Gasteiger partial charge is 0.138 e. The van der Waals surface area contributed by atoms with Gasteiger partial charge in [-0.3, -0.25) is 0 Å². The molecule has 132 valence electrons. The van der Waals surface area contributed by atoms with E-state index in [1.165, 1.54) is 16.4 Å². The molecule has 2 nitrogen and oxygen atoms in total. The minimum absolute atomic E-state index is 0.0880. The second-order valence-corrected chi connectivity index (χ2v) is 9.12. The fourth-order valence-electron chi connectivity index (χ4n) is 3.33. The number of hydrogen-bond donors (Lipinski definition) is 0. The Balaban J connectivity index is 1.69. The fraction of sp³-hybridized carbons (Fsp3) is 0.182. The molecule has 0 N–H and O–H groups in total. The summed E-state index contributed by atoms with van der Waals surface area (Å²) in [4.78, 5) is 0. The maximum absolute atomic E-state index is 6.65. The maximum Gasteiger partial charge on any atom is 0.138 e. The first-order valence-electron chi connectivity index (χ1n) is 8.81. The van der Waals surface area contributed by atoms with Gasteiger partial charge in [0.15, 0.2) is 0 Å². The lowest BCUT2D eigenvalue weighted by molar-refractivity contribution is 0.209. The van der Waals surface area contributed by atoms with Gasteiger partial charge < -0.3 is 4.52 Å². The van der Waals surface area contributed by atoms with Gasteiger partial charge in [-0.05, 0) is 24.1 Å². The number of nitrogens with zero attached hydrogens (tertiary/aromatic N) is 1. The average Bonchev–Trinajstić information content (AvgIpc) is 3.01. The van der Waals surface area contributed by atoms with E-state index < -0.39 is 8.30 Å². The van der Waals surface area contributed by atoms with Crippen LogP contribution in [0.2, 0.25) is 0 Å². The Morgan fingerprint density at radius 3 is 2.19 bits per heavy atom. The summed E-state index contributed by atoms with van der Waals surface area (Å²) in [7, 11) is -0.830. The zero-order valence-electron chi connectivity index (χ0n) is 14.6. The highest BCUT2D eigenvalue weighted by molar-refractivity contribution is 9.10. The first kappa shape index (κ1) is 17.9. The molecule has 0 spiro atoms. The van der Waals surface area contributed by atoms with Crippen molar-refractivity contribution in [3.8, 4) is 0 Å². The van der Waals surface area contributed by atoms with Crippen molar-refractivity contribution in [3.63, 3.8) is 0 Å². The summed E-state index contributed by atoms with van der Waals surface area (Å²) >= 11 is 3.70. The molecule has 0 radical (unpaired) electrons. The van der Waals surface area contributed by atoms with Crippen LogP contribution in [-0.2, 0) is 11.1 Å². The van der Waals surface area contributed by atoms with Crippen LogP contribution in [0.15, 0.2) is 89.4 Å². The van der Waals surface area contributed by atoms with Crippen molar-refractivity contribution in [2.24, 2.45) is 0 Å². The first-order valence-corrected chi connectivity index (χ1v) is 10.8. The zero-order chi connectivity index (χ0) is 17.9. The van der Waals surface area contributed by atoms with Crippen molar-refractivity contribution in [3.05, 3.63) is 101 Å². The van der Waals surface area contributed by atoms with Gasteiger partial charge in [0, 0.05) is 22.4 Å². The molecule has 0 saturated carbocycles. The van der Waals surface area contributed by atoms with Gasteiger partial charge >= 0.3 is 0 Å². The molecule has 1 fully saturated rings. The Kier molecular flexibility index (Phi) is 5.52. The quantitative estimate of drug-likeness (QED) is 0.471. The molecule has 1 saturated heterocycles. The SMILES string of the molecule is C[C@H]1[C@@H](c2ccccc2)OP(c2ccccc2)N1Cc1ccccc1Br. The topological polar surface area (TPSA) is 12.5 Å². The molecule has 0 amide bonds. The van der Waals surface area contributed by atoms with Crippen LogP contribution in [0, 0.1) is 0 Å². The van der Waals surface area contributed by atoms with E-state index in [9.17, 15) is 0 Å². The Morgan fingerprint density at radius 1 is 0.885 bits per heavy atom. The second kappa shape index (κ2) is 8.02. The maximum atomic E-state index is 6.65. The van der Waals surface area contributed by atoms with E-state index in [-0.39, 0.29) is 6.10 Å². The normalized spacial score (nSPS) is 23.2. The van der Waals surface area contributed by atoms with Gasteiger partial charge in [-0.15, -0.1) is 0 Å². The summed E-state index contributed by atoms with van der Waals surface area (Å²) in [6.07, 6.45) is 0.0880. The van der Waals surface area contributed by atoms with E-state index in [2.05, 4.69) is 112 Å². The summed E-state index contributed by atoms with van der Waals surface area (Å²) in [6.45, 7) is 3.15. The predicted octanol–water partition coefficient (Wildman–Crippen LogP) is 6.05. The molecule has 4 heteroatoms. The highest BCUT2D eigenvalue weighted by atomic mass is 79.9. The van der Waals surface area contributed by atoms with E-state index in [0.717, 1.165) is 11.0 Å². The largest absolute Gasteiger partial charge is 0.330 e. The molecular weight excluding hydrogens is 405 g/mol. The molecule has 3 atom stereocenters. The van der Waals surface area contributed by atoms with Crippen molar-refractivity contribution in [2.75, 3.05) is 0 Å². The molecule has 1 aliphatic heterocycles. The van der Waals surface area contributed by atoms with Crippen molar-refractivity contribution < 1.29 is 4.52 Å². The van der Waals surface area contributed by atoms with Crippen molar-refractivity contribution in [1.29, 1.82) is 0 Å². The Morgan fingerprint density at radius 2 is 1.50 bits per heavy atom. The Hall–Kier alpha value is -1.51. The second-order valence-electron chi connectivity index (χ2n) is 6.47. The van der Waals surface area contributed by atoms with Gasteiger partial charge in [0.2, 0.25) is 0 Å². The summed E-state index contributed by atoms with van der Waals surface area (Å²) in [6, 6.07) is 29.9. The molecule has 0 aromatic heterocycles. The van der Waals surface area contributed by atoms with Crippen molar-refractivity contribution in [1.82, 2.24) is 4.67 Å². The highest BCUT2D eigenvalue weighted by Crippen LogP contribution is 2.56. The van der Waals surface area contributed by atoms with Gasteiger partial charge in [0.05, 0.1) is 0 Å². The number of hydrogen-bond acceptors (Lipinski definition) is 2. The first-order chi connectivity index (χ1) is 12.7. The van der Waals surface area contributed by atoms with Gasteiger partial charge in [-0.2, -0.15) is 0 Å². The van der Waals surface area contributed by atoms with Crippen LogP contribution >= 0.6 is 24.2 Å². The molecule has 3 aromatic carbocycles. The monoisotopic (exact) mass is 425 g/mol. The average molecular weight is 426 g/mol. The number of rotatable bonds is 4. The molecule has 1 aliphatic rings. The fourth-order valence-corrected chi connectivity index (χ4v) is 5.96. The third-order valence-corrected chi connectivity index (χ3v) is 7.66.